The number of aryl methyl sites for hydroxylation is 1. The summed E-state index contributed by atoms with van der Waals surface area (Å²) in [6.07, 6.45) is 0. The van der Waals surface area contributed by atoms with E-state index in [0.29, 0.717) is 0 Å². The number of fused-ring (bicyclic) bond motifs is 1. The highest BCUT2D eigenvalue weighted by atomic mass is 79.9. The summed E-state index contributed by atoms with van der Waals surface area (Å²) in [5.74, 6) is -1.77. The third kappa shape index (κ3) is 2.94. The van der Waals surface area contributed by atoms with E-state index >= 15 is 0 Å². The van der Waals surface area contributed by atoms with Crippen molar-refractivity contribution in [3.63, 3.8) is 0 Å². The number of ketones is 2. The largest absolute Gasteiger partial charge is 0.507 e. The SMILES string of the molecule is COC(=O)c1cc(C)cc(OC)c1C1=C(Br)C(=O)c2c(O)cccc2C1=O. The molecule has 0 unspecified atom stereocenters. The molecule has 2 aromatic carbocycles. The first-order valence-electron chi connectivity index (χ1n) is 7.90. The fraction of sp³-hybridized carbons (Fsp3) is 0.150. The van der Waals surface area contributed by atoms with Gasteiger partial charge in [0, 0.05) is 11.1 Å². The van der Waals surface area contributed by atoms with Gasteiger partial charge >= 0.3 is 5.97 Å². The molecule has 0 saturated heterocycles. The van der Waals surface area contributed by atoms with Crippen LogP contribution in [0.2, 0.25) is 0 Å². The van der Waals surface area contributed by atoms with Gasteiger partial charge < -0.3 is 14.6 Å². The lowest BCUT2D eigenvalue weighted by atomic mass is 9.83. The molecule has 0 bridgehead atoms. The Morgan fingerprint density at radius 2 is 1.78 bits per heavy atom. The van der Waals surface area contributed by atoms with E-state index in [0.717, 1.165) is 5.56 Å². The fourth-order valence-electron chi connectivity index (χ4n) is 3.09. The van der Waals surface area contributed by atoms with Crippen molar-refractivity contribution in [2.45, 2.75) is 6.92 Å². The lowest BCUT2D eigenvalue weighted by molar-refractivity contribution is 0.0599. The summed E-state index contributed by atoms with van der Waals surface area (Å²) in [5.41, 5.74) is 0.941. The number of ether oxygens (including phenoxy) is 2. The number of methoxy groups -OCH3 is 2. The van der Waals surface area contributed by atoms with Gasteiger partial charge in [0.2, 0.25) is 5.78 Å². The zero-order chi connectivity index (χ0) is 19.9. The number of phenolic OH excluding ortho intramolecular Hbond substituents is 1. The van der Waals surface area contributed by atoms with Gasteiger partial charge in [-0.2, -0.15) is 0 Å². The highest BCUT2D eigenvalue weighted by Gasteiger charge is 2.37. The summed E-state index contributed by atoms with van der Waals surface area (Å²) in [4.78, 5) is 38.3. The van der Waals surface area contributed by atoms with E-state index in [2.05, 4.69) is 15.9 Å². The maximum absolute atomic E-state index is 13.2. The highest BCUT2D eigenvalue weighted by Crippen LogP contribution is 2.42. The van der Waals surface area contributed by atoms with E-state index < -0.39 is 17.5 Å². The summed E-state index contributed by atoms with van der Waals surface area (Å²) >= 11 is 3.18. The number of Topliss-reactive ketones (excluding diaryl/α,β-unsaturated/α-hetero) is 2. The monoisotopic (exact) mass is 430 g/mol. The number of hydrogen-bond acceptors (Lipinski definition) is 6. The Hall–Kier alpha value is -2.93. The van der Waals surface area contributed by atoms with Gasteiger partial charge in [0.1, 0.15) is 11.5 Å². The number of benzene rings is 2. The molecule has 0 radical (unpaired) electrons. The van der Waals surface area contributed by atoms with E-state index in [1.165, 1.54) is 32.4 Å². The summed E-state index contributed by atoms with van der Waals surface area (Å²) < 4.78 is 10.2. The summed E-state index contributed by atoms with van der Waals surface area (Å²) in [7, 11) is 2.63. The molecule has 1 aliphatic rings. The van der Waals surface area contributed by atoms with Crippen LogP contribution >= 0.6 is 15.9 Å². The van der Waals surface area contributed by atoms with Crippen LogP contribution in [0, 0.1) is 6.92 Å². The number of halogens is 1. The highest BCUT2D eigenvalue weighted by molar-refractivity contribution is 9.12. The van der Waals surface area contributed by atoms with Crippen LogP contribution in [-0.4, -0.2) is 36.9 Å². The standard InChI is InChI=1S/C20H15BrO6/c1-9-7-11(20(25)27-3)15(13(8-9)26-2)16-17(21)19(24)14-10(18(16)23)5-4-6-12(14)22/h4-8,22H,1-3H3. The van der Waals surface area contributed by atoms with E-state index in [4.69, 9.17) is 9.47 Å². The molecule has 0 aromatic heterocycles. The molecule has 0 fully saturated rings. The third-order valence-electron chi connectivity index (χ3n) is 4.28. The molecule has 0 heterocycles. The number of carbonyl (C=O) groups is 3. The van der Waals surface area contributed by atoms with Crippen molar-refractivity contribution in [2.24, 2.45) is 0 Å². The molecule has 2 aromatic rings. The van der Waals surface area contributed by atoms with E-state index in [9.17, 15) is 19.5 Å². The summed E-state index contributed by atoms with van der Waals surface area (Å²) in [5, 5.41) is 10.0. The molecule has 1 aliphatic carbocycles. The molecular formula is C20H15BrO6. The maximum atomic E-state index is 13.2. The average Bonchev–Trinajstić information content (AvgIpc) is 2.66. The van der Waals surface area contributed by atoms with Gasteiger partial charge in [0.05, 0.1) is 35.4 Å². The number of aromatic hydroxyl groups is 1. The van der Waals surface area contributed by atoms with E-state index in [-0.39, 0.29) is 43.8 Å². The number of esters is 1. The topological polar surface area (TPSA) is 89.9 Å². The predicted molar refractivity (Wildman–Crippen MR) is 102 cm³/mol. The second-order valence-electron chi connectivity index (χ2n) is 5.93. The quantitative estimate of drug-likeness (QED) is 0.746. The Balaban J connectivity index is 2.38. The van der Waals surface area contributed by atoms with E-state index in [1.807, 2.05) is 0 Å². The first kappa shape index (κ1) is 18.8. The van der Waals surface area contributed by atoms with Crippen molar-refractivity contribution >= 4 is 39.0 Å². The van der Waals surface area contributed by atoms with E-state index in [1.54, 1.807) is 19.1 Å². The van der Waals surface area contributed by atoms with Gasteiger partial charge in [-0.05, 0) is 46.6 Å². The molecule has 0 amide bonds. The van der Waals surface area contributed by atoms with Crippen LogP contribution in [0.15, 0.2) is 34.8 Å². The molecule has 7 heteroatoms. The Kier molecular flexibility index (Phi) is 4.89. The van der Waals surface area contributed by atoms with Crippen molar-refractivity contribution in [3.05, 3.63) is 62.6 Å². The van der Waals surface area contributed by atoms with Crippen LogP contribution in [0.5, 0.6) is 11.5 Å². The zero-order valence-corrected chi connectivity index (χ0v) is 16.3. The lowest BCUT2D eigenvalue weighted by Gasteiger charge is -2.22. The van der Waals surface area contributed by atoms with Crippen LogP contribution in [-0.2, 0) is 4.74 Å². The molecule has 6 nitrogen and oxygen atoms in total. The van der Waals surface area contributed by atoms with Gasteiger partial charge in [0.15, 0.2) is 5.78 Å². The smallest absolute Gasteiger partial charge is 0.338 e. The molecule has 27 heavy (non-hydrogen) atoms. The van der Waals surface area contributed by atoms with Gasteiger partial charge in [-0.1, -0.05) is 12.1 Å². The van der Waals surface area contributed by atoms with Gasteiger partial charge in [-0.25, -0.2) is 4.79 Å². The van der Waals surface area contributed by atoms with Crippen LogP contribution < -0.4 is 4.74 Å². The number of rotatable bonds is 3. The minimum Gasteiger partial charge on any atom is -0.507 e. The van der Waals surface area contributed by atoms with Crippen LogP contribution in [0.3, 0.4) is 0 Å². The van der Waals surface area contributed by atoms with Crippen LogP contribution in [0.1, 0.15) is 42.2 Å². The predicted octanol–water partition coefficient (Wildman–Crippen LogP) is 3.68. The number of carbonyl (C=O) groups excluding carboxylic acids is 3. The normalized spacial score (nSPS) is 13.5. The number of phenols is 1. The molecule has 0 saturated carbocycles. The molecular weight excluding hydrogens is 416 g/mol. The first-order chi connectivity index (χ1) is 12.8. The maximum Gasteiger partial charge on any atom is 0.338 e. The van der Waals surface area contributed by atoms with Gasteiger partial charge in [-0.15, -0.1) is 0 Å². The van der Waals surface area contributed by atoms with Crippen LogP contribution in [0.4, 0.5) is 0 Å². The second-order valence-corrected chi connectivity index (χ2v) is 6.72. The molecule has 0 aliphatic heterocycles. The molecule has 3 rings (SSSR count). The van der Waals surface area contributed by atoms with Gasteiger partial charge in [0.25, 0.3) is 0 Å². The number of allylic oxidation sites excluding steroid dienone is 2. The van der Waals surface area contributed by atoms with Gasteiger partial charge in [-0.3, -0.25) is 9.59 Å². The zero-order valence-electron chi connectivity index (χ0n) is 14.8. The Morgan fingerprint density at radius 3 is 2.41 bits per heavy atom. The van der Waals surface area contributed by atoms with Crippen molar-refractivity contribution < 1.29 is 29.0 Å². The van der Waals surface area contributed by atoms with Crippen molar-refractivity contribution in [1.82, 2.24) is 0 Å². The first-order valence-corrected chi connectivity index (χ1v) is 8.69. The molecule has 138 valence electrons. The summed E-state index contributed by atoms with van der Waals surface area (Å²) in [6.45, 7) is 1.77. The van der Waals surface area contributed by atoms with Crippen LogP contribution in [0.25, 0.3) is 5.57 Å². The fourth-order valence-corrected chi connectivity index (χ4v) is 3.67. The Morgan fingerprint density at radius 1 is 1.07 bits per heavy atom. The van der Waals surface area contributed by atoms with Crippen molar-refractivity contribution in [2.75, 3.05) is 14.2 Å². The molecule has 0 spiro atoms. The minimum absolute atomic E-state index is 0.0182. The third-order valence-corrected chi connectivity index (χ3v) is 5.04. The number of hydrogen-bond donors (Lipinski definition) is 1. The minimum atomic E-state index is -0.665. The summed E-state index contributed by atoms with van der Waals surface area (Å²) in [6, 6.07) is 7.48. The van der Waals surface area contributed by atoms with Crippen molar-refractivity contribution in [3.8, 4) is 11.5 Å². The molecule has 1 N–H and O–H groups in total. The lowest BCUT2D eigenvalue weighted by Crippen LogP contribution is -2.21. The van der Waals surface area contributed by atoms with Crippen molar-refractivity contribution in [1.29, 1.82) is 0 Å². The Bertz CT molecular complexity index is 1040. The second kappa shape index (κ2) is 7.00. The Labute approximate surface area is 163 Å². The molecule has 0 atom stereocenters. The average molecular weight is 431 g/mol.